The van der Waals surface area contributed by atoms with Crippen molar-refractivity contribution < 1.29 is 14.3 Å². The fourth-order valence-electron chi connectivity index (χ4n) is 2.98. The number of carbonyl (C=O) groups is 1. The van der Waals surface area contributed by atoms with Gasteiger partial charge in [-0.1, -0.05) is 37.1 Å². The van der Waals surface area contributed by atoms with Crippen LogP contribution in [0.1, 0.15) is 30.9 Å². The highest BCUT2D eigenvalue weighted by Gasteiger charge is 2.29. The molecule has 0 atom stereocenters. The van der Waals surface area contributed by atoms with E-state index in [-0.39, 0.29) is 5.91 Å². The van der Waals surface area contributed by atoms with Crippen LogP contribution in [0.3, 0.4) is 0 Å². The van der Waals surface area contributed by atoms with Crippen molar-refractivity contribution in [3.05, 3.63) is 64.3 Å². The molecule has 1 heterocycles. The Kier molecular flexibility index (Phi) is 7.12. The molecule has 7 heteroatoms. The van der Waals surface area contributed by atoms with E-state index in [1.165, 1.54) is 0 Å². The number of rotatable bonds is 8. The quantitative estimate of drug-likeness (QED) is 0.482. The molecule has 2 aromatic rings. The summed E-state index contributed by atoms with van der Waals surface area (Å²) in [5, 5.41) is 4.08. The Bertz CT molecular complexity index is 945. The van der Waals surface area contributed by atoms with Crippen molar-refractivity contribution in [3.63, 3.8) is 0 Å². The number of hydrogen-bond donors (Lipinski definition) is 1. The standard InChI is InChI=1S/C22H23ClN2O3S/c1-3-4-10-25-21(26)19(24-22(25)29)12-15-8-9-20(27-2)16(11-15)14-28-18-7-5-6-17(23)13-18/h5-9,11-13H,3-4,10,14H2,1-2H3,(H,24,29)/b19-12+. The molecule has 1 aliphatic rings. The number of methoxy groups -OCH3 is 1. The Morgan fingerprint density at radius 3 is 2.79 bits per heavy atom. The van der Waals surface area contributed by atoms with E-state index in [1.54, 1.807) is 30.2 Å². The Labute approximate surface area is 181 Å². The highest BCUT2D eigenvalue weighted by atomic mass is 35.5. The molecule has 0 spiro atoms. The number of amides is 1. The predicted octanol–water partition coefficient (Wildman–Crippen LogP) is 4.79. The van der Waals surface area contributed by atoms with Gasteiger partial charge in [-0.2, -0.15) is 0 Å². The van der Waals surface area contributed by atoms with E-state index in [4.69, 9.17) is 33.3 Å². The van der Waals surface area contributed by atoms with Crippen molar-refractivity contribution in [1.82, 2.24) is 10.2 Å². The maximum Gasteiger partial charge on any atom is 0.276 e. The molecule has 1 aliphatic heterocycles. The molecule has 1 saturated heterocycles. The third-order valence-corrected chi connectivity index (χ3v) is 5.06. The van der Waals surface area contributed by atoms with Crippen LogP contribution in [0.4, 0.5) is 0 Å². The predicted molar refractivity (Wildman–Crippen MR) is 119 cm³/mol. The van der Waals surface area contributed by atoms with Gasteiger partial charge in [-0.25, -0.2) is 0 Å². The maximum absolute atomic E-state index is 12.6. The summed E-state index contributed by atoms with van der Waals surface area (Å²) in [5.74, 6) is 1.28. The summed E-state index contributed by atoms with van der Waals surface area (Å²) in [6, 6.07) is 12.9. The second-order valence-corrected chi connectivity index (χ2v) is 7.44. The van der Waals surface area contributed by atoms with Crippen LogP contribution in [0.15, 0.2) is 48.2 Å². The first-order valence-corrected chi connectivity index (χ1v) is 10.2. The van der Waals surface area contributed by atoms with Crippen LogP contribution in [0.25, 0.3) is 6.08 Å². The van der Waals surface area contributed by atoms with Gasteiger partial charge >= 0.3 is 0 Å². The number of ether oxygens (including phenoxy) is 2. The van der Waals surface area contributed by atoms with Gasteiger partial charge in [0.2, 0.25) is 0 Å². The van der Waals surface area contributed by atoms with Crippen LogP contribution in [0.5, 0.6) is 11.5 Å². The van der Waals surface area contributed by atoms with Crippen molar-refractivity contribution in [2.24, 2.45) is 0 Å². The average Bonchev–Trinajstić information content (AvgIpc) is 2.97. The summed E-state index contributed by atoms with van der Waals surface area (Å²) < 4.78 is 11.3. The van der Waals surface area contributed by atoms with Crippen LogP contribution in [0.2, 0.25) is 5.02 Å². The molecule has 3 rings (SSSR count). The van der Waals surface area contributed by atoms with Crippen LogP contribution < -0.4 is 14.8 Å². The zero-order chi connectivity index (χ0) is 20.8. The van der Waals surface area contributed by atoms with Crippen LogP contribution in [0, 0.1) is 0 Å². The Morgan fingerprint density at radius 1 is 1.24 bits per heavy atom. The maximum atomic E-state index is 12.6. The molecule has 1 fully saturated rings. The van der Waals surface area contributed by atoms with Crippen molar-refractivity contribution in [3.8, 4) is 11.5 Å². The van der Waals surface area contributed by atoms with Gasteiger partial charge < -0.3 is 14.8 Å². The first-order valence-electron chi connectivity index (χ1n) is 9.41. The van der Waals surface area contributed by atoms with Gasteiger partial charge in [0, 0.05) is 17.1 Å². The molecule has 1 N–H and O–H groups in total. The number of nitrogens with one attached hydrogen (secondary N) is 1. The summed E-state index contributed by atoms with van der Waals surface area (Å²) in [6.07, 6.45) is 3.71. The van der Waals surface area contributed by atoms with Crippen molar-refractivity contribution in [2.75, 3.05) is 13.7 Å². The van der Waals surface area contributed by atoms with Crippen LogP contribution in [-0.4, -0.2) is 29.6 Å². The molecule has 1 amide bonds. The minimum atomic E-state index is -0.101. The molecule has 0 unspecified atom stereocenters. The topological polar surface area (TPSA) is 50.8 Å². The SMILES string of the molecule is CCCCN1C(=O)/C(=C\c2ccc(OC)c(COc3cccc(Cl)c3)c2)NC1=S. The smallest absolute Gasteiger partial charge is 0.276 e. The molecule has 0 aliphatic carbocycles. The number of halogens is 1. The van der Waals surface area contributed by atoms with E-state index < -0.39 is 0 Å². The Hall–Kier alpha value is -2.57. The second-order valence-electron chi connectivity index (χ2n) is 6.62. The summed E-state index contributed by atoms with van der Waals surface area (Å²) in [7, 11) is 1.61. The lowest BCUT2D eigenvalue weighted by Gasteiger charge is -2.12. The number of unbranched alkanes of at least 4 members (excludes halogenated alkanes) is 1. The van der Waals surface area contributed by atoms with Gasteiger partial charge in [0.25, 0.3) is 5.91 Å². The third kappa shape index (κ3) is 5.28. The number of benzene rings is 2. The van der Waals surface area contributed by atoms with Gasteiger partial charge in [-0.3, -0.25) is 9.69 Å². The van der Waals surface area contributed by atoms with E-state index in [2.05, 4.69) is 12.2 Å². The first-order chi connectivity index (χ1) is 14.0. The van der Waals surface area contributed by atoms with Crippen molar-refractivity contribution in [2.45, 2.75) is 26.4 Å². The molecular formula is C22H23ClN2O3S. The molecule has 29 heavy (non-hydrogen) atoms. The summed E-state index contributed by atoms with van der Waals surface area (Å²) in [4.78, 5) is 14.2. The number of carbonyl (C=O) groups excluding carboxylic acids is 1. The lowest BCUT2D eigenvalue weighted by molar-refractivity contribution is -0.122. The van der Waals surface area contributed by atoms with E-state index >= 15 is 0 Å². The average molecular weight is 431 g/mol. The third-order valence-electron chi connectivity index (χ3n) is 4.50. The van der Waals surface area contributed by atoms with E-state index in [9.17, 15) is 4.79 Å². The normalized spacial score (nSPS) is 15.0. The first kappa shape index (κ1) is 21.1. The summed E-state index contributed by atoms with van der Waals surface area (Å²) in [6.45, 7) is 3.01. The largest absolute Gasteiger partial charge is 0.496 e. The van der Waals surface area contributed by atoms with Crippen molar-refractivity contribution in [1.29, 1.82) is 0 Å². The van der Waals surface area contributed by atoms with Gasteiger partial charge in [0.05, 0.1) is 7.11 Å². The summed E-state index contributed by atoms with van der Waals surface area (Å²) >= 11 is 11.3. The second kappa shape index (κ2) is 9.76. The fraction of sp³-hybridized carbons (Fsp3) is 0.273. The molecule has 152 valence electrons. The number of nitrogens with zero attached hydrogens (tertiary/aromatic N) is 1. The minimum Gasteiger partial charge on any atom is -0.496 e. The van der Waals surface area contributed by atoms with Crippen LogP contribution >= 0.6 is 23.8 Å². The highest BCUT2D eigenvalue weighted by Crippen LogP contribution is 2.25. The highest BCUT2D eigenvalue weighted by molar-refractivity contribution is 7.80. The summed E-state index contributed by atoms with van der Waals surface area (Å²) in [5.41, 5.74) is 2.18. The molecule has 0 saturated carbocycles. The van der Waals surface area contributed by atoms with Gasteiger partial charge in [0.15, 0.2) is 5.11 Å². The molecule has 0 bridgehead atoms. The van der Waals surface area contributed by atoms with Gasteiger partial charge in [-0.05, 0) is 60.6 Å². The minimum absolute atomic E-state index is 0.101. The van der Waals surface area contributed by atoms with Crippen LogP contribution in [-0.2, 0) is 11.4 Å². The molecule has 0 radical (unpaired) electrons. The van der Waals surface area contributed by atoms with E-state index in [1.807, 2.05) is 30.3 Å². The zero-order valence-electron chi connectivity index (χ0n) is 16.4. The lowest BCUT2D eigenvalue weighted by Crippen LogP contribution is -2.31. The molecule has 0 aromatic heterocycles. The Morgan fingerprint density at radius 2 is 2.07 bits per heavy atom. The van der Waals surface area contributed by atoms with E-state index in [0.717, 1.165) is 24.0 Å². The molecular weight excluding hydrogens is 408 g/mol. The molecule has 2 aromatic carbocycles. The fourth-order valence-corrected chi connectivity index (χ4v) is 3.44. The number of thiocarbonyl (C=S) groups is 1. The molecule has 5 nitrogen and oxygen atoms in total. The monoisotopic (exact) mass is 430 g/mol. The Balaban J connectivity index is 1.78. The lowest BCUT2D eigenvalue weighted by atomic mass is 10.1. The zero-order valence-corrected chi connectivity index (χ0v) is 18.0. The number of hydrogen-bond acceptors (Lipinski definition) is 4. The van der Waals surface area contributed by atoms with Gasteiger partial charge in [0.1, 0.15) is 23.8 Å². The van der Waals surface area contributed by atoms with Crippen molar-refractivity contribution >= 4 is 40.9 Å². The van der Waals surface area contributed by atoms with Gasteiger partial charge in [-0.15, -0.1) is 0 Å². The van der Waals surface area contributed by atoms with E-state index in [0.29, 0.717) is 40.5 Å².